The molecule has 0 aliphatic heterocycles. The third kappa shape index (κ3) is 4.47. The summed E-state index contributed by atoms with van der Waals surface area (Å²) in [5.41, 5.74) is 1.34. The quantitative estimate of drug-likeness (QED) is 0.741. The molecule has 1 saturated carbocycles. The summed E-state index contributed by atoms with van der Waals surface area (Å²) >= 11 is 0. The van der Waals surface area contributed by atoms with Crippen molar-refractivity contribution in [3.05, 3.63) is 29.8 Å². The van der Waals surface area contributed by atoms with Crippen LogP contribution in [0.3, 0.4) is 0 Å². The van der Waals surface area contributed by atoms with E-state index < -0.39 is 10.0 Å². The number of nitrogens with one attached hydrogen (secondary N) is 1. The molecule has 0 unspecified atom stereocenters. The second kappa shape index (κ2) is 6.56. The van der Waals surface area contributed by atoms with Gasteiger partial charge in [-0.25, -0.2) is 13.6 Å². The molecule has 1 aliphatic carbocycles. The van der Waals surface area contributed by atoms with Crippen molar-refractivity contribution in [1.29, 1.82) is 0 Å². The van der Waals surface area contributed by atoms with Gasteiger partial charge in [-0.15, -0.1) is 0 Å². The average molecular weight is 298 g/mol. The zero-order valence-electron chi connectivity index (χ0n) is 11.7. The minimum Gasteiger partial charge on any atom is -0.497 e. The molecule has 0 radical (unpaired) electrons. The van der Waals surface area contributed by atoms with Gasteiger partial charge in [0.15, 0.2) is 0 Å². The molecule has 0 amide bonds. The van der Waals surface area contributed by atoms with Gasteiger partial charge in [0.25, 0.3) is 0 Å². The van der Waals surface area contributed by atoms with Gasteiger partial charge >= 0.3 is 0 Å². The second-order valence-corrected chi connectivity index (χ2v) is 7.05. The lowest BCUT2D eigenvalue weighted by molar-refractivity contribution is 0.292. The Labute approximate surface area is 120 Å². The summed E-state index contributed by atoms with van der Waals surface area (Å²) in [7, 11) is -1.66. The highest BCUT2D eigenvalue weighted by Crippen LogP contribution is 2.37. The minimum atomic E-state index is -3.32. The molecule has 1 fully saturated rings. The van der Waals surface area contributed by atoms with E-state index in [2.05, 4.69) is 17.4 Å². The standard InChI is InChI=1S/C14H22N2O3S/c1-19-14-5-3-11(4-6-14)12-9-13(10-12)16-7-2-8-20(15,17)18/h3-6,12-13,16H,2,7-10H2,1H3,(H2,15,17,18). The summed E-state index contributed by atoms with van der Waals surface area (Å²) in [5.74, 6) is 1.52. The SMILES string of the molecule is COc1ccc(C2CC(NCCCS(N)(=O)=O)C2)cc1. The highest BCUT2D eigenvalue weighted by molar-refractivity contribution is 7.89. The third-order valence-electron chi connectivity index (χ3n) is 3.76. The van der Waals surface area contributed by atoms with Crippen molar-refractivity contribution in [3.63, 3.8) is 0 Å². The number of benzene rings is 1. The van der Waals surface area contributed by atoms with Crippen LogP contribution < -0.4 is 15.2 Å². The molecule has 0 atom stereocenters. The van der Waals surface area contributed by atoms with E-state index in [0.717, 1.165) is 18.6 Å². The van der Waals surface area contributed by atoms with Crippen molar-refractivity contribution in [2.24, 2.45) is 5.14 Å². The molecule has 0 heterocycles. The van der Waals surface area contributed by atoms with E-state index in [0.29, 0.717) is 24.9 Å². The van der Waals surface area contributed by atoms with E-state index in [9.17, 15) is 8.42 Å². The van der Waals surface area contributed by atoms with Gasteiger partial charge in [0, 0.05) is 6.04 Å². The maximum atomic E-state index is 10.8. The van der Waals surface area contributed by atoms with Crippen LogP contribution in [0.5, 0.6) is 5.75 Å². The highest BCUT2D eigenvalue weighted by Gasteiger charge is 2.29. The molecule has 3 N–H and O–H groups in total. The van der Waals surface area contributed by atoms with Crippen molar-refractivity contribution in [2.45, 2.75) is 31.2 Å². The molecule has 1 aromatic carbocycles. The molecule has 0 spiro atoms. The van der Waals surface area contributed by atoms with Crippen molar-refractivity contribution in [2.75, 3.05) is 19.4 Å². The fourth-order valence-corrected chi connectivity index (χ4v) is 3.06. The molecular weight excluding hydrogens is 276 g/mol. The second-order valence-electron chi connectivity index (χ2n) is 5.31. The number of hydrogen-bond acceptors (Lipinski definition) is 4. The molecule has 20 heavy (non-hydrogen) atoms. The number of nitrogens with two attached hydrogens (primary N) is 1. The smallest absolute Gasteiger partial charge is 0.209 e. The zero-order valence-corrected chi connectivity index (χ0v) is 12.5. The number of hydrogen-bond donors (Lipinski definition) is 2. The molecule has 5 nitrogen and oxygen atoms in total. The molecule has 1 aliphatic rings. The molecule has 0 aromatic heterocycles. The minimum absolute atomic E-state index is 0.0502. The summed E-state index contributed by atoms with van der Waals surface area (Å²) in [4.78, 5) is 0. The van der Waals surface area contributed by atoms with Gasteiger partial charge in [-0.3, -0.25) is 0 Å². The van der Waals surface area contributed by atoms with Crippen LogP contribution >= 0.6 is 0 Å². The van der Waals surface area contributed by atoms with E-state index in [1.54, 1.807) is 7.11 Å². The van der Waals surface area contributed by atoms with E-state index in [1.807, 2.05) is 12.1 Å². The Bertz CT molecular complexity index is 522. The van der Waals surface area contributed by atoms with Gasteiger partial charge in [-0.1, -0.05) is 12.1 Å². The molecule has 2 rings (SSSR count). The highest BCUT2D eigenvalue weighted by atomic mass is 32.2. The van der Waals surface area contributed by atoms with Gasteiger partial charge in [0.05, 0.1) is 12.9 Å². The van der Waals surface area contributed by atoms with Gasteiger partial charge in [-0.05, 0) is 49.4 Å². The molecular formula is C14H22N2O3S. The van der Waals surface area contributed by atoms with Crippen LogP contribution in [-0.4, -0.2) is 33.9 Å². The first-order chi connectivity index (χ1) is 9.48. The van der Waals surface area contributed by atoms with E-state index in [-0.39, 0.29) is 5.75 Å². The fraction of sp³-hybridized carbons (Fsp3) is 0.571. The first-order valence-corrected chi connectivity index (χ1v) is 8.57. The molecule has 6 heteroatoms. The van der Waals surface area contributed by atoms with Crippen LogP contribution in [0.1, 0.15) is 30.7 Å². The topological polar surface area (TPSA) is 81.4 Å². The van der Waals surface area contributed by atoms with Crippen LogP contribution in [-0.2, 0) is 10.0 Å². The van der Waals surface area contributed by atoms with E-state index in [1.165, 1.54) is 5.56 Å². The number of methoxy groups -OCH3 is 1. The van der Waals surface area contributed by atoms with Crippen LogP contribution in [0.15, 0.2) is 24.3 Å². The van der Waals surface area contributed by atoms with Crippen LogP contribution in [0.4, 0.5) is 0 Å². The number of sulfonamides is 1. The first-order valence-electron chi connectivity index (χ1n) is 6.86. The summed E-state index contributed by atoms with van der Waals surface area (Å²) in [5, 5.41) is 8.32. The molecule has 0 bridgehead atoms. The number of primary sulfonamides is 1. The van der Waals surface area contributed by atoms with Crippen molar-refractivity contribution in [1.82, 2.24) is 5.32 Å². The van der Waals surface area contributed by atoms with Gasteiger partial charge in [0.1, 0.15) is 5.75 Å². The summed E-state index contributed by atoms with van der Waals surface area (Å²) in [6, 6.07) is 8.69. The largest absolute Gasteiger partial charge is 0.497 e. The van der Waals surface area contributed by atoms with Gasteiger partial charge < -0.3 is 10.1 Å². The Morgan fingerprint density at radius 2 is 1.95 bits per heavy atom. The Balaban J connectivity index is 1.66. The number of rotatable bonds is 7. The van der Waals surface area contributed by atoms with Crippen LogP contribution in [0.2, 0.25) is 0 Å². The zero-order chi connectivity index (χ0) is 14.6. The monoisotopic (exact) mass is 298 g/mol. The van der Waals surface area contributed by atoms with E-state index in [4.69, 9.17) is 9.88 Å². The average Bonchev–Trinajstić information content (AvgIpc) is 2.35. The van der Waals surface area contributed by atoms with Crippen molar-refractivity contribution >= 4 is 10.0 Å². The first kappa shape index (κ1) is 15.3. The molecule has 1 aromatic rings. The van der Waals surface area contributed by atoms with Gasteiger partial charge in [0.2, 0.25) is 10.0 Å². The lowest BCUT2D eigenvalue weighted by atomic mass is 9.76. The van der Waals surface area contributed by atoms with Crippen LogP contribution in [0.25, 0.3) is 0 Å². The fourth-order valence-electron chi connectivity index (χ4n) is 2.51. The Morgan fingerprint density at radius 1 is 1.30 bits per heavy atom. The van der Waals surface area contributed by atoms with Crippen molar-refractivity contribution in [3.8, 4) is 5.75 Å². The van der Waals surface area contributed by atoms with E-state index >= 15 is 0 Å². The predicted molar refractivity (Wildman–Crippen MR) is 79.4 cm³/mol. The lowest BCUT2D eigenvalue weighted by Crippen LogP contribution is -2.41. The lowest BCUT2D eigenvalue weighted by Gasteiger charge is -2.36. The Morgan fingerprint density at radius 3 is 2.50 bits per heavy atom. The van der Waals surface area contributed by atoms with Crippen molar-refractivity contribution < 1.29 is 13.2 Å². The van der Waals surface area contributed by atoms with Crippen LogP contribution in [0, 0.1) is 0 Å². The normalized spacial score (nSPS) is 22.3. The summed E-state index contributed by atoms with van der Waals surface area (Å²) in [6.45, 7) is 0.705. The predicted octanol–water partition coefficient (Wildman–Crippen LogP) is 1.21. The third-order valence-corrected chi connectivity index (χ3v) is 4.62. The molecule has 0 saturated heterocycles. The Kier molecular flexibility index (Phi) is 5.01. The summed E-state index contributed by atoms with van der Waals surface area (Å²) < 4.78 is 26.7. The Hall–Kier alpha value is -1.11. The maximum Gasteiger partial charge on any atom is 0.209 e. The molecule has 112 valence electrons. The maximum absolute atomic E-state index is 10.8. The van der Waals surface area contributed by atoms with Gasteiger partial charge in [-0.2, -0.15) is 0 Å². The summed E-state index contributed by atoms with van der Waals surface area (Å²) in [6.07, 6.45) is 2.77. The number of ether oxygens (including phenoxy) is 1.